The van der Waals surface area contributed by atoms with Crippen molar-refractivity contribution < 1.29 is 9.84 Å². The Morgan fingerprint density at radius 1 is 1.33 bits per heavy atom. The molecule has 1 aromatic carbocycles. The third-order valence-corrected chi connectivity index (χ3v) is 3.49. The monoisotopic (exact) mass is 262 g/mol. The van der Waals surface area contributed by atoms with Crippen molar-refractivity contribution in [2.45, 2.75) is 25.9 Å². The van der Waals surface area contributed by atoms with Gasteiger partial charge >= 0.3 is 0 Å². The molecule has 0 saturated heterocycles. The first-order valence-corrected chi connectivity index (χ1v) is 7.07. The van der Waals surface area contributed by atoms with Gasteiger partial charge in [-0.15, -0.1) is 0 Å². The van der Waals surface area contributed by atoms with E-state index in [0.29, 0.717) is 19.4 Å². The molecule has 18 heavy (non-hydrogen) atoms. The second-order valence-corrected chi connectivity index (χ2v) is 5.22. The van der Waals surface area contributed by atoms with Crippen LogP contribution in [-0.2, 0) is 6.42 Å². The van der Waals surface area contributed by atoms with Crippen molar-refractivity contribution in [2.75, 3.05) is 6.61 Å². The fraction of sp³-hybridized carbons (Fsp3) is 0.333. The first-order valence-electron chi connectivity index (χ1n) is 6.12. The molecule has 2 nitrogen and oxygen atoms in total. The number of aryl methyl sites for hydroxylation is 1. The molecule has 2 aromatic rings. The summed E-state index contributed by atoms with van der Waals surface area (Å²) < 4.78 is 5.62. The van der Waals surface area contributed by atoms with Gasteiger partial charge in [0.2, 0.25) is 0 Å². The van der Waals surface area contributed by atoms with Crippen LogP contribution in [-0.4, -0.2) is 17.8 Å². The van der Waals surface area contributed by atoms with Crippen LogP contribution in [0, 0.1) is 6.92 Å². The van der Waals surface area contributed by atoms with Crippen LogP contribution >= 0.6 is 11.3 Å². The summed E-state index contributed by atoms with van der Waals surface area (Å²) in [6.45, 7) is 2.59. The van der Waals surface area contributed by atoms with Crippen molar-refractivity contribution in [1.82, 2.24) is 0 Å². The Balaban J connectivity index is 1.72. The molecule has 1 atom stereocenters. The summed E-state index contributed by atoms with van der Waals surface area (Å²) in [5, 5.41) is 14.0. The first kappa shape index (κ1) is 13.1. The molecule has 1 heterocycles. The second kappa shape index (κ2) is 6.57. The molecule has 0 aliphatic rings. The standard InChI is InChI=1S/C15H18O2S/c1-12-3-2-4-15(9-12)17-7-5-14(16)10-13-6-8-18-11-13/h2-4,6,8-9,11,14,16H,5,7,10H2,1H3. The van der Waals surface area contributed by atoms with E-state index in [4.69, 9.17) is 4.74 Å². The normalized spacial score (nSPS) is 12.3. The van der Waals surface area contributed by atoms with E-state index in [1.807, 2.05) is 36.6 Å². The molecule has 0 amide bonds. The zero-order valence-electron chi connectivity index (χ0n) is 10.5. The van der Waals surface area contributed by atoms with Crippen molar-refractivity contribution in [3.05, 3.63) is 52.2 Å². The van der Waals surface area contributed by atoms with E-state index < -0.39 is 0 Å². The maximum absolute atomic E-state index is 9.88. The smallest absolute Gasteiger partial charge is 0.119 e. The van der Waals surface area contributed by atoms with E-state index in [2.05, 4.69) is 11.4 Å². The fourth-order valence-electron chi connectivity index (χ4n) is 1.80. The summed E-state index contributed by atoms with van der Waals surface area (Å²) in [5.74, 6) is 0.873. The third kappa shape index (κ3) is 4.17. The fourth-order valence-corrected chi connectivity index (χ4v) is 2.48. The molecule has 2 rings (SSSR count). The van der Waals surface area contributed by atoms with Crippen LogP contribution in [0.5, 0.6) is 5.75 Å². The highest BCUT2D eigenvalue weighted by Gasteiger charge is 2.06. The molecular weight excluding hydrogens is 244 g/mol. The summed E-state index contributed by atoms with van der Waals surface area (Å²) in [6, 6.07) is 10.0. The van der Waals surface area contributed by atoms with E-state index in [1.165, 1.54) is 11.1 Å². The molecule has 1 N–H and O–H groups in total. The Morgan fingerprint density at radius 3 is 2.94 bits per heavy atom. The number of rotatable bonds is 6. The largest absolute Gasteiger partial charge is 0.493 e. The van der Waals surface area contributed by atoms with Crippen LogP contribution in [0.1, 0.15) is 17.5 Å². The highest BCUT2D eigenvalue weighted by molar-refractivity contribution is 7.07. The van der Waals surface area contributed by atoms with Gasteiger partial charge in [-0.1, -0.05) is 12.1 Å². The molecule has 0 saturated carbocycles. The van der Waals surface area contributed by atoms with Gasteiger partial charge in [-0.2, -0.15) is 11.3 Å². The van der Waals surface area contributed by atoms with Crippen LogP contribution in [0.3, 0.4) is 0 Å². The van der Waals surface area contributed by atoms with Crippen molar-refractivity contribution >= 4 is 11.3 Å². The van der Waals surface area contributed by atoms with Crippen LogP contribution in [0.2, 0.25) is 0 Å². The Kier molecular flexibility index (Phi) is 4.79. The number of hydrogen-bond acceptors (Lipinski definition) is 3. The highest BCUT2D eigenvalue weighted by atomic mass is 32.1. The summed E-state index contributed by atoms with van der Waals surface area (Å²) in [7, 11) is 0. The van der Waals surface area contributed by atoms with Crippen molar-refractivity contribution in [3.8, 4) is 5.75 Å². The Bertz CT molecular complexity index is 465. The number of aliphatic hydroxyl groups is 1. The molecule has 1 aromatic heterocycles. The number of hydrogen-bond donors (Lipinski definition) is 1. The van der Waals surface area contributed by atoms with Gasteiger partial charge in [0.25, 0.3) is 0 Å². The lowest BCUT2D eigenvalue weighted by molar-refractivity contribution is 0.139. The minimum absolute atomic E-state index is 0.329. The molecule has 0 bridgehead atoms. The van der Waals surface area contributed by atoms with E-state index >= 15 is 0 Å². The third-order valence-electron chi connectivity index (χ3n) is 2.76. The van der Waals surface area contributed by atoms with Gasteiger partial charge in [-0.3, -0.25) is 0 Å². The van der Waals surface area contributed by atoms with Crippen molar-refractivity contribution in [2.24, 2.45) is 0 Å². The minimum atomic E-state index is -0.329. The van der Waals surface area contributed by atoms with Gasteiger partial charge in [-0.25, -0.2) is 0 Å². The molecular formula is C15H18O2S. The predicted octanol–water partition coefficient (Wildman–Crippen LogP) is 3.43. The van der Waals surface area contributed by atoms with Gasteiger partial charge in [0.05, 0.1) is 12.7 Å². The zero-order chi connectivity index (χ0) is 12.8. The number of benzene rings is 1. The quantitative estimate of drug-likeness (QED) is 0.864. The molecule has 1 unspecified atom stereocenters. The zero-order valence-corrected chi connectivity index (χ0v) is 11.3. The van der Waals surface area contributed by atoms with Crippen LogP contribution in [0.25, 0.3) is 0 Å². The summed E-state index contributed by atoms with van der Waals surface area (Å²) in [4.78, 5) is 0. The maximum Gasteiger partial charge on any atom is 0.119 e. The van der Waals surface area contributed by atoms with Crippen LogP contribution in [0.4, 0.5) is 0 Å². The maximum atomic E-state index is 9.88. The summed E-state index contributed by atoms with van der Waals surface area (Å²) in [6.07, 6.45) is 1.04. The summed E-state index contributed by atoms with van der Waals surface area (Å²) in [5.41, 5.74) is 2.38. The minimum Gasteiger partial charge on any atom is -0.493 e. The van der Waals surface area contributed by atoms with Gasteiger partial charge in [0, 0.05) is 6.42 Å². The number of ether oxygens (including phenoxy) is 1. The van der Waals surface area contributed by atoms with Crippen molar-refractivity contribution in [3.63, 3.8) is 0 Å². The Hall–Kier alpha value is -1.32. The van der Waals surface area contributed by atoms with E-state index in [1.54, 1.807) is 11.3 Å². The van der Waals surface area contributed by atoms with E-state index in [-0.39, 0.29) is 6.10 Å². The number of thiophene rings is 1. The Morgan fingerprint density at radius 2 is 2.22 bits per heavy atom. The molecule has 3 heteroatoms. The lowest BCUT2D eigenvalue weighted by Gasteiger charge is -2.11. The van der Waals surface area contributed by atoms with Gasteiger partial charge in [0.15, 0.2) is 0 Å². The van der Waals surface area contributed by atoms with E-state index in [0.717, 1.165) is 5.75 Å². The van der Waals surface area contributed by atoms with Crippen molar-refractivity contribution in [1.29, 1.82) is 0 Å². The lowest BCUT2D eigenvalue weighted by Crippen LogP contribution is -2.14. The molecule has 0 aliphatic carbocycles. The van der Waals surface area contributed by atoms with Gasteiger partial charge < -0.3 is 9.84 Å². The molecule has 96 valence electrons. The molecule has 0 spiro atoms. The topological polar surface area (TPSA) is 29.5 Å². The van der Waals surface area contributed by atoms with Crippen LogP contribution < -0.4 is 4.74 Å². The Labute approximate surface area is 112 Å². The predicted molar refractivity (Wildman–Crippen MR) is 75.3 cm³/mol. The SMILES string of the molecule is Cc1cccc(OCCC(O)Cc2ccsc2)c1. The highest BCUT2D eigenvalue weighted by Crippen LogP contribution is 2.14. The average Bonchev–Trinajstić information content (AvgIpc) is 2.82. The first-order chi connectivity index (χ1) is 8.74. The number of aliphatic hydroxyl groups excluding tert-OH is 1. The van der Waals surface area contributed by atoms with Gasteiger partial charge in [-0.05, 0) is 53.4 Å². The lowest BCUT2D eigenvalue weighted by atomic mass is 10.1. The van der Waals surface area contributed by atoms with E-state index in [9.17, 15) is 5.11 Å². The summed E-state index contributed by atoms with van der Waals surface area (Å²) >= 11 is 1.66. The molecule has 0 radical (unpaired) electrons. The van der Waals surface area contributed by atoms with Gasteiger partial charge in [0.1, 0.15) is 5.75 Å². The second-order valence-electron chi connectivity index (χ2n) is 4.44. The molecule has 0 aliphatic heterocycles. The molecule has 0 fully saturated rings. The average molecular weight is 262 g/mol. The van der Waals surface area contributed by atoms with Crippen LogP contribution in [0.15, 0.2) is 41.1 Å².